The van der Waals surface area contributed by atoms with Gasteiger partial charge in [-0.25, -0.2) is 0 Å². The Kier molecular flexibility index (Phi) is 18.8. The van der Waals surface area contributed by atoms with Crippen LogP contribution in [0.1, 0.15) is 94.5 Å². The maximum absolute atomic E-state index is 12.7. The minimum absolute atomic E-state index is 0.0704. The number of nitrogens with zero attached hydrogens (tertiary/aromatic N) is 1. The largest absolute Gasteiger partial charge is 0.714 e. The van der Waals surface area contributed by atoms with E-state index in [1.807, 2.05) is 42.5 Å². The lowest BCUT2D eigenvalue weighted by molar-refractivity contribution is 0.106. The van der Waals surface area contributed by atoms with Crippen molar-refractivity contribution < 1.29 is 22.0 Å². The van der Waals surface area contributed by atoms with Crippen LogP contribution in [0.3, 0.4) is 0 Å². The lowest BCUT2D eigenvalue weighted by Crippen LogP contribution is -2.16. The van der Waals surface area contributed by atoms with Crippen LogP contribution in [0.4, 0.5) is 0 Å². The number of hydrogen-bond acceptors (Lipinski definition) is 7. The second kappa shape index (κ2) is 22.0. The van der Waals surface area contributed by atoms with Crippen molar-refractivity contribution in [2.75, 3.05) is 11.5 Å². The van der Waals surface area contributed by atoms with Gasteiger partial charge in [0.2, 0.25) is 5.78 Å². The summed E-state index contributed by atoms with van der Waals surface area (Å²) >= 11 is 1.56. The van der Waals surface area contributed by atoms with Crippen LogP contribution in [0.2, 0.25) is 0 Å². The Morgan fingerprint density at radius 2 is 1.30 bits per heavy atom. The van der Waals surface area contributed by atoms with E-state index in [1.165, 1.54) is 48.5 Å². The Labute approximate surface area is 272 Å². The van der Waals surface area contributed by atoms with E-state index in [0.29, 0.717) is 22.9 Å². The molecule has 0 atom stereocenters. The highest BCUT2D eigenvalue weighted by Gasteiger charge is 2.17. The van der Waals surface area contributed by atoms with Gasteiger partial charge < -0.3 is 4.55 Å². The topological polar surface area (TPSA) is 95.9 Å². The van der Waals surface area contributed by atoms with Gasteiger partial charge in [0.1, 0.15) is 23.0 Å². The summed E-state index contributed by atoms with van der Waals surface area (Å²) < 4.78 is 36.0. The molecule has 0 aromatic heterocycles. The zero-order valence-corrected chi connectivity index (χ0v) is 28.7. The van der Waals surface area contributed by atoms with Gasteiger partial charge in [-0.1, -0.05) is 118 Å². The van der Waals surface area contributed by atoms with Crippen molar-refractivity contribution in [3.63, 3.8) is 0 Å². The smallest absolute Gasteiger partial charge is 0.284 e. The molecule has 0 heterocycles. The van der Waals surface area contributed by atoms with Crippen molar-refractivity contribution in [2.45, 2.75) is 94.1 Å². The normalized spacial score (nSPS) is 11.6. The van der Waals surface area contributed by atoms with Gasteiger partial charge in [-0.15, -0.1) is 0 Å². The van der Waals surface area contributed by atoms with Crippen molar-refractivity contribution in [3.8, 4) is 0 Å². The summed E-state index contributed by atoms with van der Waals surface area (Å²) in [6.07, 6.45) is 9.27. The van der Waals surface area contributed by atoms with Gasteiger partial charge in [-0.2, -0.15) is 8.42 Å². The average molecular weight is 658 g/mol. The first-order valence-corrected chi connectivity index (χ1v) is 19.4. The molecule has 6 nitrogen and oxygen atoms in total. The summed E-state index contributed by atoms with van der Waals surface area (Å²) in [5, 5.41) is 3.32. The number of carbonyl (C=O) groups is 1. The number of Topliss-reactive ketones (excluding diaryl/α,β-unsaturated/α-hetero) is 1. The van der Waals surface area contributed by atoms with Crippen LogP contribution in [0.5, 0.6) is 0 Å². The molecule has 3 aromatic rings. The molecule has 0 bridgehead atoms. The van der Waals surface area contributed by atoms with Crippen LogP contribution in [-0.4, -0.2) is 36.0 Å². The monoisotopic (exact) mass is 657 g/mol. The minimum Gasteiger partial charge on any atom is -0.714 e. The third kappa shape index (κ3) is 16.5. The van der Waals surface area contributed by atoms with Crippen molar-refractivity contribution >= 4 is 44.6 Å². The molecule has 9 heteroatoms. The first kappa shape index (κ1) is 37.6. The third-order valence-corrected chi connectivity index (χ3v) is 10.4. The van der Waals surface area contributed by atoms with Crippen molar-refractivity contribution in [3.05, 3.63) is 96.1 Å². The first-order valence-electron chi connectivity index (χ1n) is 15.5. The number of unbranched alkanes of at least 4 members (excludes halogenated alkanes) is 5. The van der Waals surface area contributed by atoms with Gasteiger partial charge in [-0.3, -0.25) is 9.08 Å². The van der Waals surface area contributed by atoms with Gasteiger partial charge in [-0.05, 0) is 73.0 Å². The molecule has 0 aliphatic rings. The Hall–Kier alpha value is -2.59. The molecule has 0 saturated heterocycles. The molecule has 0 amide bonds. The van der Waals surface area contributed by atoms with E-state index in [-0.39, 0.29) is 12.1 Å². The number of benzene rings is 3. The number of carbonyl (C=O) groups excluding carboxylic acids is 1. The van der Waals surface area contributed by atoms with E-state index in [2.05, 4.69) is 60.5 Å². The second-order valence-corrected chi connectivity index (χ2v) is 14.9. The van der Waals surface area contributed by atoms with Gasteiger partial charge in [0.25, 0.3) is 10.4 Å². The zero-order chi connectivity index (χ0) is 32.0. The number of rotatable bonds is 19. The molecule has 240 valence electrons. The van der Waals surface area contributed by atoms with E-state index in [4.69, 9.17) is 0 Å². The van der Waals surface area contributed by atoms with Crippen molar-refractivity contribution in [2.24, 2.45) is 5.16 Å². The Morgan fingerprint density at radius 3 is 1.84 bits per heavy atom. The highest BCUT2D eigenvalue weighted by atomic mass is 32.3. The SMILES string of the molecule is CCCCCC/C(=N\OS(=O)(=O)[O-])C(=O)c1ccc(Sc2ccccc2)cc1.CCCC[S+](CCCC)Cc1ccccc1. The number of ketones is 1. The quantitative estimate of drug-likeness (QED) is 0.0243. The molecule has 3 aromatic carbocycles. The van der Waals surface area contributed by atoms with Crippen molar-refractivity contribution in [1.29, 1.82) is 0 Å². The number of hydrogen-bond donors (Lipinski definition) is 0. The molecule has 0 N–H and O–H groups in total. The van der Waals surface area contributed by atoms with Crippen LogP contribution in [0.25, 0.3) is 0 Å². The third-order valence-electron chi connectivity index (χ3n) is 6.65. The summed E-state index contributed by atoms with van der Waals surface area (Å²) in [7, 11) is -4.38. The zero-order valence-electron chi connectivity index (χ0n) is 26.3. The summed E-state index contributed by atoms with van der Waals surface area (Å²) in [6, 6.07) is 27.7. The molecular formula is C35H47NO5S3. The molecule has 0 aliphatic heterocycles. The molecule has 44 heavy (non-hydrogen) atoms. The average Bonchev–Trinajstić information content (AvgIpc) is 3.03. The van der Waals surface area contributed by atoms with Crippen LogP contribution >= 0.6 is 11.8 Å². The highest BCUT2D eigenvalue weighted by molar-refractivity contribution is 7.99. The van der Waals surface area contributed by atoms with E-state index >= 15 is 0 Å². The fourth-order valence-electron chi connectivity index (χ4n) is 4.23. The molecule has 0 saturated carbocycles. The van der Waals surface area contributed by atoms with Gasteiger partial charge in [0.05, 0.1) is 0 Å². The Balaban J connectivity index is 0.000000358. The van der Waals surface area contributed by atoms with E-state index in [0.717, 1.165) is 29.1 Å². The molecule has 3 rings (SSSR count). The van der Waals surface area contributed by atoms with E-state index in [1.54, 1.807) is 23.9 Å². The van der Waals surface area contributed by atoms with E-state index in [9.17, 15) is 17.8 Å². The molecule has 0 aliphatic carbocycles. The summed E-state index contributed by atoms with van der Waals surface area (Å²) in [5.74, 6) is 3.73. The summed E-state index contributed by atoms with van der Waals surface area (Å²) in [5.41, 5.74) is 1.82. The van der Waals surface area contributed by atoms with Crippen LogP contribution in [0.15, 0.2) is 99.9 Å². The lowest BCUT2D eigenvalue weighted by Gasteiger charge is -2.08. The standard InChI is InChI=1S/C20H23NO5S2.C15H25S/c1-2-3-4-8-11-19(21-26-28(23,24)25)20(22)16-12-14-18(15-13-16)27-17-9-6-5-7-10-17;1-3-5-12-16(13-6-4-2)14-15-10-8-7-9-11-15/h5-7,9-10,12-15H,2-4,8,11H2,1H3,(H,23,24,25);7-11H,3-6,12-14H2,1-2H3/q;+1/p-1/b21-19+;. The predicted octanol–water partition coefficient (Wildman–Crippen LogP) is 9.23. The van der Waals surface area contributed by atoms with Gasteiger partial charge in [0, 0.05) is 20.9 Å². The van der Waals surface area contributed by atoms with Crippen LogP contribution in [-0.2, 0) is 31.3 Å². The summed E-state index contributed by atoms with van der Waals surface area (Å²) in [6.45, 7) is 6.65. The molecule has 0 fully saturated rings. The summed E-state index contributed by atoms with van der Waals surface area (Å²) in [4.78, 5) is 14.7. The van der Waals surface area contributed by atoms with Gasteiger partial charge >= 0.3 is 0 Å². The Morgan fingerprint density at radius 1 is 0.750 bits per heavy atom. The fraction of sp³-hybridized carbons (Fsp3) is 0.429. The maximum Gasteiger partial charge on any atom is 0.284 e. The van der Waals surface area contributed by atoms with E-state index < -0.39 is 16.2 Å². The second-order valence-electron chi connectivity index (χ2n) is 10.5. The minimum atomic E-state index is -5.00. The molecule has 0 unspecified atom stereocenters. The predicted molar refractivity (Wildman–Crippen MR) is 185 cm³/mol. The van der Waals surface area contributed by atoms with Crippen LogP contribution < -0.4 is 0 Å². The first-order chi connectivity index (χ1) is 21.3. The lowest BCUT2D eigenvalue weighted by atomic mass is 10.0. The molecular weight excluding hydrogens is 611 g/mol. The molecule has 0 radical (unpaired) electrons. The molecule has 0 spiro atoms. The van der Waals surface area contributed by atoms with Crippen LogP contribution in [0, 0.1) is 0 Å². The van der Waals surface area contributed by atoms with Gasteiger partial charge in [0.15, 0.2) is 0 Å². The fourth-order valence-corrected chi connectivity index (χ4v) is 7.80. The number of oxime groups is 1. The highest BCUT2D eigenvalue weighted by Crippen LogP contribution is 2.27. The van der Waals surface area contributed by atoms with Crippen molar-refractivity contribution in [1.82, 2.24) is 0 Å². The maximum atomic E-state index is 12.7. The Bertz CT molecular complexity index is 1320.